The van der Waals surface area contributed by atoms with E-state index in [4.69, 9.17) is 0 Å². The number of anilines is 2. The molecule has 0 radical (unpaired) electrons. The van der Waals surface area contributed by atoms with Crippen molar-refractivity contribution in [2.45, 2.75) is 26.7 Å². The molecular weight excluding hydrogens is 296 g/mol. The summed E-state index contributed by atoms with van der Waals surface area (Å²) in [6, 6.07) is 7.51. The first-order valence-electron chi connectivity index (χ1n) is 7.31. The average molecular weight is 314 g/mol. The molecule has 2 amide bonds. The molecule has 0 saturated heterocycles. The van der Waals surface area contributed by atoms with Gasteiger partial charge in [-0.1, -0.05) is 6.07 Å². The Bertz CT molecular complexity index is 732. The summed E-state index contributed by atoms with van der Waals surface area (Å²) in [6.07, 6.45) is 1.94. The number of nitrogens with one attached hydrogen (secondary N) is 2. The zero-order chi connectivity index (χ0) is 15.7. The molecule has 0 bridgehead atoms. The molecule has 5 heteroatoms. The highest BCUT2D eigenvalue weighted by atomic mass is 32.1. The molecule has 1 aromatic heterocycles. The van der Waals surface area contributed by atoms with E-state index >= 15 is 0 Å². The van der Waals surface area contributed by atoms with Crippen LogP contribution in [0.25, 0.3) is 0 Å². The molecule has 2 aromatic rings. The fraction of sp³-hybridized carbons (Fsp3) is 0.294. The number of hydrogen-bond acceptors (Lipinski definition) is 3. The van der Waals surface area contributed by atoms with Crippen LogP contribution in [0.3, 0.4) is 0 Å². The van der Waals surface area contributed by atoms with Gasteiger partial charge < -0.3 is 10.6 Å². The SMILES string of the molecule is Cc1ccc(NC(=O)C2CC2)cc1NC(=O)c1sccc1C. The molecule has 0 aliphatic heterocycles. The molecule has 3 rings (SSSR count). The van der Waals surface area contributed by atoms with Crippen molar-refractivity contribution in [3.8, 4) is 0 Å². The molecule has 1 aliphatic carbocycles. The molecule has 1 fully saturated rings. The van der Waals surface area contributed by atoms with E-state index in [0.29, 0.717) is 4.88 Å². The van der Waals surface area contributed by atoms with Crippen molar-refractivity contribution in [3.05, 3.63) is 45.6 Å². The molecule has 1 saturated carbocycles. The number of amides is 2. The number of aryl methyl sites for hydroxylation is 2. The molecule has 114 valence electrons. The summed E-state index contributed by atoms with van der Waals surface area (Å²) in [5.41, 5.74) is 3.39. The third-order valence-corrected chi connectivity index (χ3v) is 4.79. The Morgan fingerprint density at radius 2 is 1.86 bits per heavy atom. The number of thiophene rings is 1. The van der Waals surface area contributed by atoms with Gasteiger partial charge in [0.2, 0.25) is 5.91 Å². The Labute approximate surface area is 133 Å². The van der Waals surface area contributed by atoms with Gasteiger partial charge in [0.25, 0.3) is 5.91 Å². The predicted molar refractivity (Wildman–Crippen MR) is 89.5 cm³/mol. The second kappa shape index (κ2) is 5.93. The second-order valence-electron chi connectivity index (χ2n) is 5.68. The third kappa shape index (κ3) is 3.20. The lowest BCUT2D eigenvalue weighted by molar-refractivity contribution is -0.117. The molecular formula is C17H18N2O2S. The number of benzene rings is 1. The van der Waals surface area contributed by atoms with Crippen LogP contribution < -0.4 is 10.6 Å². The van der Waals surface area contributed by atoms with E-state index in [1.165, 1.54) is 11.3 Å². The van der Waals surface area contributed by atoms with Crippen molar-refractivity contribution in [1.82, 2.24) is 0 Å². The fourth-order valence-electron chi connectivity index (χ4n) is 2.21. The van der Waals surface area contributed by atoms with Gasteiger partial charge >= 0.3 is 0 Å². The van der Waals surface area contributed by atoms with Crippen LogP contribution in [0.2, 0.25) is 0 Å². The van der Waals surface area contributed by atoms with Gasteiger partial charge in [-0.15, -0.1) is 11.3 Å². The van der Waals surface area contributed by atoms with E-state index in [-0.39, 0.29) is 17.7 Å². The van der Waals surface area contributed by atoms with E-state index in [0.717, 1.165) is 35.3 Å². The van der Waals surface area contributed by atoms with Crippen LogP contribution in [0, 0.1) is 19.8 Å². The molecule has 4 nitrogen and oxygen atoms in total. The van der Waals surface area contributed by atoms with Gasteiger partial charge in [-0.25, -0.2) is 0 Å². The highest BCUT2D eigenvalue weighted by molar-refractivity contribution is 7.12. The van der Waals surface area contributed by atoms with Crippen LogP contribution in [0.1, 0.15) is 33.6 Å². The minimum atomic E-state index is -0.110. The highest BCUT2D eigenvalue weighted by Gasteiger charge is 2.29. The standard InChI is InChI=1S/C17H18N2O2S/c1-10-3-6-13(18-16(20)12-4-5-12)9-14(10)19-17(21)15-11(2)7-8-22-15/h3,6-9,12H,4-5H2,1-2H3,(H,18,20)(H,19,21). The van der Waals surface area contributed by atoms with Crippen LogP contribution in [0.5, 0.6) is 0 Å². The lowest BCUT2D eigenvalue weighted by atomic mass is 10.1. The quantitative estimate of drug-likeness (QED) is 0.897. The average Bonchev–Trinajstić information content (AvgIpc) is 3.24. The molecule has 0 atom stereocenters. The summed E-state index contributed by atoms with van der Waals surface area (Å²) in [6.45, 7) is 3.86. The lowest BCUT2D eigenvalue weighted by Gasteiger charge is -2.11. The van der Waals surface area contributed by atoms with Crippen LogP contribution in [0.15, 0.2) is 29.6 Å². The van der Waals surface area contributed by atoms with Gasteiger partial charge in [0.1, 0.15) is 0 Å². The smallest absolute Gasteiger partial charge is 0.266 e. The van der Waals surface area contributed by atoms with E-state index < -0.39 is 0 Å². The normalized spacial score (nSPS) is 13.7. The van der Waals surface area contributed by atoms with Crippen LogP contribution in [-0.4, -0.2) is 11.8 Å². The summed E-state index contributed by atoms with van der Waals surface area (Å²) in [4.78, 5) is 24.9. The van der Waals surface area contributed by atoms with Crippen molar-refractivity contribution in [3.63, 3.8) is 0 Å². The van der Waals surface area contributed by atoms with Crippen molar-refractivity contribution in [2.24, 2.45) is 5.92 Å². The van der Waals surface area contributed by atoms with Crippen molar-refractivity contribution < 1.29 is 9.59 Å². The number of carbonyl (C=O) groups is 2. The van der Waals surface area contributed by atoms with E-state index in [9.17, 15) is 9.59 Å². The zero-order valence-corrected chi connectivity index (χ0v) is 13.4. The first-order chi connectivity index (χ1) is 10.5. The Balaban J connectivity index is 1.76. The van der Waals surface area contributed by atoms with Gasteiger partial charge in [-0.2, -0.15) is 0 Å². The highest BCUT2D eigenvalue weighted by Crippen LogP contribution is 2.31. The minimum Gasteiger partial charge on any atom is -0.326 e. The lowest BCUT2D eigenvalue weighted by Crippen LogP contribution is -2.15. The van der Waals surface area contributed by atoms with Crippen molar-refractivity contribution in [2.75, 3.05) is 10.6 Å². The Hall–Kier alpha value is -2.14. The minimum absolute atomic E-state index is 0.0650. The molecule has 2 N–H and O–H groups in total. The van der Waals surface area contributed by atoms with Crippen molar-refractivity contribution >= 4 is 34.5 Å². The van der Waals surface area contributed by atoms with E-state index in [1.54, 1.807) is 0 Å². The molecule has 1 aliphatic rings. The molecule has 0 unspecified atom stereocenters. The van der Waals surface area contributed by atoms with Gasteiger partial charge in [0.05, 0.1) is 4.88 Å². The molecule has 22 heavy (non-hydrogen) atoms. The number of carbonyl (C=O) groups excluding carboxylic acids is 2. The first-order valence-corrected chi connectivity index (χ1v) is 8.19. The summed E-state index contributed by atoms with van der Waals surface area (Å²) in [5.74, 6) is 0.115. The Morgan fingerprint density at radius 3 is 2.50 bits per heavy atom. The van der Waals surface area contributed by atoms with Crippen LogP contribution in [0.4, 0.5) is 11.4 Å². The van der Waals surface area contributed by atoms with Gasteiger partial charge in [0.15, 0.2) is 0 Å². The van der Waals surface area contributed by atoms with Crippen molar-refractivity contribution in [1.29, 1.82) is 0 Å². The predicted octanol–water partition coefficient (Wildman–Crippen LogP) is 3.97. The van der Waals surface area contributed by atoms with E-state index in [2.05, 4.69) is 10.6 Å². The first kappa shape index (κ1) is 14.8. The molecule has 0 spiro atoms. The summed E-state index contributed by atoms with van der Waals surface area (Å²) in [5, 5.41) is 7.74. The molecule has 1 heterocycles. The Kier molecular flexibility index (Phi) is 3.98. The maximum absolute atomic E-state index is 12.3. The van der Waals surface area contributed by atoms with Crippen LogP contribution >= 0.6 is 11.3 Å². The summed E-state index contributed by atoms with van der Waals surface area (Å²) < 4.78 is 0. The van der Waals surface area contributed by atoms with E-state index in [1.807, 2.05) is 43.5 Å². The van der Waals surface area contributed by atoms with Crippen LogP contribution in [-0.2, 0) is 4.79 Å². The number of hydrogen-bond donors (Lipinski definition) is 2. The summed E-state index contributed by atoms with van der Waals surface area (Å²) in [7, 11) is 0. The number of rotatable bonds is 4. The van der Waals surface area contributed by atoms with Gasteiger partial charge in [0, 0.05) is 17.3 Å². The zero-order valence-electron chi connectivity index (χ0n) is 12.6. The topological polar surface area (TPSA) is 58.2 Å². The summed E-state index contributed by atoms with van der Waals surface area (Å²) >= 11 is 1.43. The maximum atomic E-state index is 12.3. The second-order valence-corrected chi connectivity index (χ2v) is 6.60. The monoisotopic (exact) mass is 314 g/mol. The van der Waals surface area contributed by atoms with Gasteiger partial charge in [-0.3, -0.25) is 9.59 Å². The maximum Gasteiger partial charge on any atom is 0.266 e. The molecule has 1 aromatic carbocycles. The largest absolute Gasteiger partial charge is 0.326 e. The Morgan fingerprint density at radius 1 is 1.09 bits per heavy atom. The van der Waals surface area contributed by atoms with Gasteiger partial charge in [-0.05, 0) is 61.4 Å². The third-order valence-electron chi connectivity index (χ3n) is 3.77. The fourth-order valence-corrected chi connectivity index (χ4v) is 3.03.